The monoisotopic (exact) mass is 2110 g/mol. The van der Waals surface area contributed by atoms with Crippen LogP contribution in [0.2, 0.25) is 0 Å². The van der Waals surface area contributed by atoms with E-state index in [1.54, 1.807) is 48.5 Å². The van der Waals surface area contributed by atoms with Crippen LogP contribution in [0.3, 0.4) is 0 Å². The molecule has 35 N–H and O–H groups in total. The number of carboxylic acids is 3. The number of primary amides is 1. The number of aliphatic hydroxyl groups is 3. The number of nitrogens with zero attached hydrogens (tertiary/aromatic N) is 1. The third-order valence-electron chi connectivity index (χ3n) is 22.8. The number of ketones is 2. The number of para-hydroxylation sites is 2. The number of aromatic hydroxyl groups is 3. The molecule has 0 bridgehead atoms. The fraction of sp³-hybridized carbons (Fsp3) is 0.419. The molecule has 1 aliphatic heterocycles. The van der Waals surface area contributed by atoms with Gasteiger partial charge in [-0.3, -0.25) is 86.9 Å². The van der Waals surface area contributed by atoms with Crippen molar-refractivity contribution < 1.29 is 155 Å². The number of thioether (sulfide) groups is 1. The number of phenols is 3. The molecule has 0 unspecified atom stereocenters. The lowest BCUT2D eigenvalue weighted by Crippen LogP contribution is -2.63. The molecule has 0 aliphatic carbocycles. The van der Waals surface area contributed by atoms with Crippen molar-refractivity contribution in [3.05, 3.63) is 162 Å². The van der Waals surface area contributed by atoms with Crippen LogP contribution in [0.1, 0.15) is 94.0 Å². The second kappa shape index (κ2) is 57.4. The third kappa shape index (κ3) is 38.8. The maximum Gasteiger partial charge on any atom is 0.490 e. The number of carbonyl (C=O) groups excluding carboxylic acids is 16. The smallest absolute Gasteiger partial charge is 0.490 e. The second-order valence-corrected chi connectivity index (χ2v) is 35.9. The molecular weight excluding hydrogens is 1990 g/mol. The number of alkyl halides is 3. The number of amides is 14. The second-order valence-electron chi connectivity index (χ2n) is 34.9. The van der Waals surface area contributed by atoms with E-state index in [0.29, 0.717) is 49.5 Å². The maximum atomic E-state index is 15.4. The van der Waals surface area contributed by atoms with Crippen molar-refractivity contribution in [3.63, 3.8) is 0 Å². The first-order valence-electron chi connectivity index (χ1n) is 46.1. The first-order chi connectivity index (χ1) is 70.3. The Morgan fingerprint density at radius 1 is 0.470 bits per heavy atom. The standard InChI is InChI=1S/C91H118N24O26S.C2HF3O2/c1-44(2)74-87(137)107-62(31-47-17-23-52(119)24-18-47)81(131)106-66(36-71(92)123)85(135)112-75(45(3)117)88(138)103-60(16-10-30-115(95)96)80(130)108-68(41-116)78(128)100-40-72(124)101-64(34-50-38-98-57-13-7-5-11-55(50)57)82(132)102-59(15-9-29-97-91(93)94)79(129)105-65(35-51-39-99-58-14-8-6-12-56(51)58)83(133)104-63(32-48-19-25-53(120)26-20-48)84(134)111-76(46(4)118)89(139)109-69(90(140)141)42-142-43-70(122)77(127)61(37-73(125)126)113-114-67(86(136)110-74)33-49-21-27-54(121)28-22-49;3-2(4,5)1(6)7/h5-8,11-14,17-28,38-39,44-46,59-69,74-76,98-99,116-118H,9-10,15-16,29-37,40-43,95-96H2,1-4H3,(H24,92,93,94,97,100,101,102,103,104,105,106,107,108,109,110,111,112,119,120,121,123,124,125,126,128,129,130,131,132,133,134,135,136,137,138,139,140,141);(H,6,7)/p+1/t45-,46-,59-,60-,61-,62-,63-,64-,65-,66-,67-,68-,69-,74-,75-,76-;/m0./s1. The van der Waals surface area contributed by atoms with Gasteiger partial charge in [-0.25, -0.2) is 20.4 Å². The molecule has 14 amide bonds. The summed E-state index contributed by atoms with van der Waals surface area (Å²) in [7, 11) is 0. The van der Waals surface area contributed by atoms with E-state index in [9.17, 15) is 121 Å². The van der Waals surface area contributed by atoms with Gasteiger partial charge >= 0.3 is 24.1 Å². The number of H-pyrrole nitrogens is 2. The first kappa shape index (κ1) is 119. The van der Waals surface area contributed by atoms with E-state index >= 15 is 19.2 Å². The average Bonchev–Trinajstić information content (AvgIpc) is 1.65. The minimum atomic E-state index is -5.08. The topological polar surface area (TPSA) is 859 Å². The average molecular weight is 2110 g/mol. The SMILES string of the molecule is CC(C)[C@@H]1NC(=O)[C@H](Cc2ccc(O)cc2)NN[C@@H](CC(=O)O)C(=O)C(=O)CSC[C@@H](C(=O)O)NC(=O)[C@H]([C@H](C)O)NC(=O)[C@H](Cc2ccc(O)cc2)NC(=O)[C@H](Cc2c[nH]c3ccccc23)NC(=O)[C@H](CCCNC(=N)N)NC(=O)[C@H](Cc2c[nH]c3ccccc23)NC(=O)CNC(=O)[C@H](CO)NC(=O)[C@H](CCC[N+](=N)N)NC(=O)[C@H]([C@H](C)O)NC(=O)[C@H](CC(N)=O)NC(=O)[C@H](Cc2ccc(O)cc2)NC1=O.O=C(O)C(F)(F)F. The zero-order valence-corrected chi connectivity index (χ0v) is 81.4. The quantitative estimate of drug-likeness (QED) is 0.00334. The highest BCUT2D eigenvalue weighted by molar-refractivity contribution is 8.00. The molecule has 0 radical (unpaired) electrons. The molecule has 16 atom stereocenters. The number of halogens is 3. The van der Waals surface area contributed by atoms with Crippen molar-refractivity contribution in [2.45, 2.75) is 201 Å². The lowest BCUT2D eigenvalue weighted by Gasteiger charge is -2.29. The molecule has 1 fully saturated rings. The van der Waals surface area contributed by atoms with Crippen LogP contribution >= 0.6 is 11.8 Å². The summed E-state index contributed by atoms with van der Waals surface area (Å²) in [4.78, 5) is 274. The summed E-state index contributed by atoms with van der Waals surface area (Å²) in [5.74, 6) is -24.3. The Kier molecular flexibility index (Phi) is 46.0. The van der Waals surface area contributed by atoms with Crippen molar-refractivity contribution in [1.29, 1.82) is 10.9 Å². The lowest BCUT2D eigenvalue weighted by molar-refractivity contribution is -0.626. The number of benzene rings is 5. The number of carboxylic acid groups (broad SMARTS) is 3. The molecule has 0 spiro atoms. The van der Waals surface area contributed by atoms with Crippen LogP contribution in [-0.2, 0) is 123 Å². The van der Waals surface area contributed by atoms with E-state index in [1.807, 2.05) is 0 Å². The fourth-order valence-electron chi connectivity index (χ4n) is 14.9. The number of aromatic amines is 2. The summed E-state index contributed by atoms with van der Waals surface area (Å²) in [6.45, 7) is 2.30. The predicted octanol–water partition coefficient (Wildman–Crippen LogP) is -5.63. The number of aliphatic hydroxyl groups excluding tert-OH is 3. The van der Waals surface area contributed by atoms with E-state index in [0.717, 1.165) is 13.8 Å². The van der Waals surface area contributed by atoms with Crippen LogP contribution in [0, 0.1) is 16.9 Å². The van der Waals surface area contributed by atoms with E-state index in [4.69, 9.17) is 38.2 Å². The van der Waals surface area contributed by atoms with Crippen LogP contribution in [0.15, 0.2) is 134 Å². The van der Waals surface area contributed by atoms with Crippen LogP contribution < -0.4 is 103 Å². The number of guanidine groups is 1. The minimum Gasteiger partial charge on any atom is -0.508 e. The zero-order valence-electron chi connectivity index (χ0n) is 80.5. The van der Waals surface area contributed by atoms with Gasteiger partial charge < -0.3 is 142 Å². The van der Waals surface area contributed by atoms with Crippen LogP contribution in [-0.4, -0.2) is 320 Å². The van der Waals surface area contributed by atoms with Gasteiger partial charge in [0.15, 0.2) is 12.5 Å². The first-order valence-corrected chi connectivity index (χ1v) is 47.3. The Balaban J connectivity index is 0.00000413. The number of carbonyl (C=O) groups is 19. The van der Waals surface area contributed by atoms with Gasteiger partial charge in [-0.2, -0.15) is 30.8 Å². The van der Waals surface area contributed by atoms with Crippen molar-refractivity contribution >= 4 is 152 Å². The van der Waals surface area contributed by atoms with Gasteiger partial charge in [0.05, 0.1) is 50.0 Å². The number of Topliss-reactive ketones (excluding diaryl/α,β-unsaturated/α-hetero) is 2. The molecule has 3 heterocycles. The Bertz CT molecular complexity index is 5960. The van der Waals surface area contributed by atoms with E-state index in [2.05, 4.69) is 95.3 Å². The van der Waals surface area contributed by atoms with Gasteiger partial charge in [-0.15, -0.1) is 0 Å². The largest absolute Gasteiger partial charge is 0.508 e. The molecule has 1 aliphatic rings. The van der Waals surface area contributed by atoms with Crippen LogP contribution in [0.5, 0.6) is 17.2 Å². The number of rotatable bonds is 27. The highest BCUT2D eigenvalue weighted by Gasteiger charge is 2.43. The Hall–Kier alpha value is -16.5. The summed E-state index contributed by atoms with van der Waals surface area (Å²) >= 11 is 0.433. The molecule has 2 aromatic heterocycles. The zero-order chi connectivity index (χ0) is 110. The fourth-order valence-corrected chi connectivity index (χ4v) is 15.8. The number of hydrogen-bond acceptors (Lipinski definition) is 30. The van der Waals surface area contributed by atoms with Crippen molar-refractivity contribution in [2.24, 2.45) is 23.2 Å². The highest BCUT2D eigenvalue weighted by atomic mass is 32.2. The molecule has 7 aromatic rings. The molecule has 0 saturated carbocycles. The number of hydrazine groups is 2. The van der Waals surface area contributed by atoms with Gasteiger partial charge in [0.1, 0.15) is 95.8 Å². The number of phenolic OH excluding ortho intramolecular Hbond substituents is 3. The lowest BCUT2D eigenvalue weighted by atomic mass is 9.99. The van der Waals surface area contributed by atoms with Crippen molar-refractivity contribution in [2.75, 3.05) is 37.7 Å². The molecule has 56 heteroatoms. The van der Waals surface area contributed by atoms with Gasteiger partial charge in [0.2, 0.25) is 94.3 Å². The normalized spacial score (nSPS) is 22.6. The van der Waals surface area contributed by atoms with Crippen molar-refractivity contribution in [3.8, 4) is 17.2 Å². The number of fused-ring (bicyclic) bond motifs is 2. The Morgan fingerprint density at radius 2 is 0.846 bits per heavy atom. The Morgan fingerprint density at radius 3 is 1.28 bits per heavy atom. The van der Waals surface area contributed by atoms with Gasteiger partial charge in [0, 0.05) is 78.6 Å². The molecular formula is C93H120F3N24O28S+. The molecule has 8 rings (SSSR count). The number of nitrogens with two attached hydrogens (primary N) is 3. The van der Waals surface area contributed by atoms with Gasteiger partial charge in [0.25, 0.3) is 0 Å². The molecule has 1 saturated heterocycles. The number of aromatic nitrogens is 2. The van der Waals surface area contributed by atoms with Gasteiger partial charge in [-0.1, -0.05) is 86.6 Å². The predicted molar refractivity (Wildman–Crippen MR) is 520 cm³/mol. The minimum absolute atomic E-state index is 0.0587. The molecule has 52 nitrogen and oxygen atoms in total. The van der Waals surface area contributed by atoms with E-state index < -0.39 is 297 Å². The van der Waals surface area contributed by atoms with E-state index in [1.165, 1.54) is 99.0 Å². The summed E-state index contributed by atoms with van der Waals surface area (Å²) in [5, 5.41) is 135. The summed E-state index contributed by atoms with van der Waals surface area (Å²) in [6.07, 6.45) is -11.3. The van der Waals surface area contributed by atoms with Crippen LogP contribution in [0.25, 0.3) is 21.8 Å². The third-order valence-corrected chi connectivity index (χ3v) is 23.8. The van der Waals surface area contributed by atoms with Crippen molar-refractivity contribution in [1.82, 2.24) is 95.3 Å². The Labute approximate surface area is 850 Å². The number of hydrogen-bond donors (Lipinski definition) is 32. The summed E-state index contributed by atoms with van der Waals surface area (Å²) in [6, 6.07) is 2.67. The molecule has 806 valence electrons. The number of aliphatic carboxylic acids is 3. The highest BCUT2D eigenvalue weighted by Crippen LogP contribution is 2.25. The summed E-state index contributed by atoms with van der Waals surface area (Å²) < 4.78 is 31.7. The summed E-state index contributed by atoms with van der Waals surface area (Å²) in [5.41, 5.74) is 26.6. The van der Waals surface area contributed by atoms with Gasteiger partial charge in [-0.05, 0) is 132 Å². The number of nitrogens with one attached hydrogen (secondary N) is 20. The molecule has 5 aromatic carbocycles. The van der Waals surface area contributed by atoms with E-state index in [-0.39, 0.29) is 72.7 Å². The maximum absolute atomic E-state index is 15.4. The van der Waals surface area contributed by atoms with Crippen LogP contribution in [0.4, 0.5) is 13.2 Å². The molecule has 149 heavy (non-hydrogen) atoms.